The smallest absolute Gasteiger partial charge is 0.236 e. The van der Waals surface area contributed by atoms with Crippen LogP contribution in [-0.2, 0) is 4.79 Å². The van der Waals surface area contributed by atoms with E-state index < -0.39 is 0 Å². The van der Waals surface area contributed by atoms with Crippen molar-refractivity contribution in [3.05, 3.63) is 0 Å². The largest absolute Gasteiger partial charge is 0.355 e. The second-order valence-electron chi connectivity index (χ2n) is 6.90. The molecule has 20 heavy (non-hydrogen) atoms. The van der Waals surface area contributed by atoms with Gasteiger partial charge in [0.2, 0.25) is 5.91 Å². The first-order valence-corrected chi connectivity index (χ1v) is 8.54. The van der Waals surface area contributed by atoms with Gasteiger partial charge in [0.05, 0.1) is 6.04 Å². The lowest BCUT2D eigenvalue weighted by molar-refractivity contribution is -0.123. The van der Waals surface area contributed by atoms with Crippen LogP contribution in [0.5, 0.6) is 0 Å². The highest BCUT2D eigenvalue weighted by Crippen LogP contribution is 2.25. The van der Waals surface area contributed by atoms with E-state index in [1.54, 1.807) is 0 Å². The first kappa shape index (κ1) is 17.5. The fourth-order valence-electron chi connectivity index (χ4n) is 3.05. The van der Waals surface area contributed by atoms with Crippen molar-refractivity contribution in [3.63, 3.8) is 0 Å². The zero-order valence-electron chi connectivity index (χ0n) is 13.9. The third-order valence-corrected chi connectivity index (χ3v) is 4.53. The van der Waals surface area contributed by atoms with E-state index in [0.717, 1.165) is 18.9 Å². The van der Waals surface area contributed by atoms with Gasteiger partial charge in [-0.3, -0.25) is 4.79 Å². The molecule has 0 aromatic heterocycles. The van der Waals surface area contributed by atoms with Gasteiger partial charge < -0.3 is 10.6 Å². The van der Waals surface area contributed by atoms with Crippen LogP contribution in [0.2, 0.25) is 0 Å². The van der Waals surface area contributed by atoms with Crippen LogP contribution in [-0.4, -0.2) is 24.5 Å². The summed E-state index contributed by atoms with van der Waals surface area (Å²) >= 11 is 0. The van der Waals surface area contributed by atoms with Crippen molar-refractivity contribution in [2.75, 3.05) is 6.54 Å². The molecule has 1 unspecified atom stereocenters. The maximum atomic E-state index is 12.0. The van der Waals surface area contributed by atoms with Crippen LogP contribution in [0.4, 0.5) is 0 Å². The second kappa shape index (κ2) is 9.38. The van der Waals surface area contributed by atoms with Crippen molar-refractivity contribution in [3.8, 4) is 0 Å². The van der Waals surface area contributed by atoms with E-state index in [4.69, 9.17) is 0 Å². The fourth-order valence-corrected chi connectivity index (χ4v) is 3.05. The quantitative estimate of drug-likeness (QED) is 0.702. The number of hydrogen-bond donors (Lipinski definition) is 2. The molecule has 3 nitrogen and oxygen atoms in total. The summed E-state index contributed by atoms with van der Waals surface area (Å²) < 4.78 is 0. The van der Waals surface area contributed by atoms with E-state index in [1.165, 1.54) is 38.5 Å². The minimum absolute atomic E-state index is 0.0829. The third-order valence-electron chi connectivity index (χ3n) is 4.53. The number of carbonyl (C=O) groups excluding carboxylic acids is 1. The Labute approximate surface area is 125 Å². The highest BCUT2D eigenvalue weighted by molar-refractivity contribution is 5.81. The molecule has 1 fully saturated rings. The Hall–Kier alpha value is -0.570. The van der Waals surface area contributed by atoms with Gasteiger partial charge in [-0.25, -0.2) is 0 Å². The van der Waals surface area contributed by atoms with Crippen LogP contribution in [0.3, 0.4) is 0 Å². The normalized spacial score (nSPS) is 20.4. The predicted molar refractivity (Wildman–Crippen MR) is 85.7 cm³/mol. The summed E-state index contributed by atoms with van der Waals surface area (Å²) in [5, 5.41) is 6.54. The molecule has 0 aromatic rings. The van der Waals surface area contributed by atoms with Gasteiger partial charge in [0.1, 0.15) is 0 Å². The van der Waals surface area contributed by atoms with Crippen molar-refractivity contribution in [1.82, 2.24) is 10.6 Å². The van der Waals surface area contributed by atoms with Crippen molar-refractivity contribution < 1.29 is 4.79 Å². The Kier molecular flexibility index (Phi) is 8.20. The lowest BCUT2D eigenvalue weighted by Gasteiger charge is -2.26. The van der Waals surface area contributed by atoms with Crippen LogP contribution in [0, 0.1) is 11.8 Å². The second-order valence-corrected chi connectivity index (χ2v) is 6.90. The standard InChI is InChI=1S/C17H34N2O/c1-13(2)11-12-18-17(20)15(4)19-14(3)16-9-7-5-6-8-10-16/h13-16,19H,5-12H2,1-4H3,(H,18,20)/t14-,15?/m1/s1. The zero-order chi connectivity index (χ0) is 15.0. The molecule has 0 aliphatic heterocycles. The topological polar surface area (TPSA) is 41.1 Å². The zero-order valence-corrected chi connectivity index (χ0v) is 13.9. The Morgan fingerprint density at radius 3 is 2.20 bits per heavy atom. The molecule has 0 bridgehead atoms. The number of hydrogen-bond acceptors (Lipinski definition) is 2. The molecule has 1 aliphatic rings. The maximum Gasteiger partial charge on any atom is 0.236 e. The van der Waals surface area contributed by atoms with E-state index in [0.29, 0.717) is 12.0 Å². The number of carbonyl (C=O) groups is 1. The van der Waals surface area contributed by atoms with Gasteiger partial charge in [-0.15, -0.1) is 0 Å². The molecule has 0 spiro atoms. The Morgan fingerprint density at radius 1 is 1.05 bits per heavy atom. The van der Waals surface area contributed by atoms with Gasteiger partial charge in [-0.05, 0) is 44.9 Å². The van der Waals surface area contributed by atoms with Crippen LogP contribution >= 0.6 is 0 Å². The van der Waals surface area contributed by atoms with Gasteiger partial charge in [0, 0.05) is 12.6 Å². The molecular weight excluding hydrogens is 248 g/mol. The highest BCUT2D eigenvalue weighted by Gasteiger charge is 2.22. The molecule has 0 aromatic carbocycles. The molecule has 1 amide bonds. The van der Waals surface area contributed by atoms with Gasteiger partial charge in [-0.1, -0.05) is 39.5 Å². The van der Waals surface area contributed by atoms with Crippen molar-refractivity contribution in [2.45, 2.75) is 84.7 Å². The molecule has 0 saturated heterocycles. The van der Waals surface area contributed by atoms with Crippen LogP contribution in [0.15, 0.2) is 0 Å². The summed E-state index contributed by atoms with van der Waals surface area (Å²) in [5.41, 5.74) is 0. The molecule has 0 heterocycles. The summed E-state index contributed by atoms with van der Waals surface area (Å²) in [4.78, 5) is 12.0. The SMILES string of the molecule is CC(C)CCNC(=O)C(C)N[C@H](C)C1CCCCCC1. The molecule has 2 atom stereocenters. The van der Waals surface area contributed by atoms with Gasteiger partial charge >= 0.3 is 0 Å². The van der Waals surface area contributed by atoms with E-state index in [1.807, 2.05) is 6.92 Å². The van der Waals surface area contributed by atoms with Gasteiger partial charge in [-0.2, -0.15) is 0 Å². The lowest BCUT2D eigenvalue weighted by atomic mass is 9.92. The van der Waals surface area contributed by atoms with Crippen molar-refractivity contribution >= 4 is 5.91 Å². The Morgan fingerprint density at radius 2 is 1.65 bits per heavy atom. The van der Waals surface area contributed by atoms with E-state index in [9.17, 15) is 4.79 Å². The van der Waals surface area contributed by atoms with Crippen LogP contribution < -0.4 is 10.6 Å². The summed E-state index contributed by atoms with van der Waals surface area (Å²) in [6.07, 6.45) is 9.16. The molecule has 3 heteroatoms. The minimum atomic E-state index is -0.0829. The first-order valence-electron chi connectivity index (χ1n) is 8.54. The van der Waals surface area contributed by atoms with Crippen LogP contribution in [0.25, 0.3) is 0 Å². The number of rotatable bonds is 7. The molecular formula is C17H34N2O. The van der Waals surface area contributed by atoms with Gasteiger partial charge in [0.25, 0.3) is 0 Å². The Balaban J connectivity index is 2.28. The highest BCUT2D eigenvalue weighted by atomic mass is 16.2. The summed E-state index contributed by atoms with van der Waals surface area (Å²) in [7, 11) is 0. The Bertz CT molecular complexity index is 270. The van der Waals surface area contributed by atoms with Crippen LogP contribution in [0.1, 0.15) is 72.6 Å². The molecule has 0 radical (unpaired) electrons. The minimum Gasteiger partial charge on any atom is -0.355 e. The third kappa shape index (κ3) is 6.74. The first-order chi connectivity index (χ1) is 9.50. The maximum absolute atomic E-state index is 12.0. The average molecular weight is 282 g/mol. The number of nitrogens with one attached hydrogen (secondary N) is 2. The molecule has 1 aliphatic carbocycles. The predicted octanol–water partition coefficient (Wildman–Crippen LogP) is 3.49. The van der Waals surface area contributed by atoms with Gasteiger partial charge in [0.15, 0.2) is 0 Å². The molecule has 2 N–H and O–H groups in total. The monoisotopic (exact) mass is 282 g/mol. The average Bonchev–Trinajstić information content (AvgIpc) is 2.66. The van der Waals surface area contributed by atoms with E-state index in [-0.39, 0.29) is 11.9 Å². The summed E-state index contributed by atoms with van der Waals surface area (Å²) in [6.45, 7) is 9.38. The van der Waals surface area contributed by atoms with Crippen molar-refractivity contribution in [1.29, 1.82) is 0 Å². The number of amides is 1. The van der Waals surface area contributed by atoms with E-state index >= 15 is 0 Å². The fraction of sp³-hybridized carbons (Fsp3) is 0.941. The summed E-state index contributed by atoms with van der Waals surface area (Å²) in [6, 6.07) is 0.361. The lowest BCUT2D eigenvalue weighted by Crippen LogP contribution is -2.48. The summed E-state index contributed by atoms with van der Waals surface area (Å²) in [5.74, 6) is 1.53. The van der Waals surface area contributed by atoms with E-state index in [2.05, 4.69) is 31.4 Å². The molecule has 1 rings (SSSR count). The van der Waals surface area contributed by atoms with Crippen molar-refractivity contribution in [2.24, 2.45) is 11.8 Å². The molecule has 1 saturated carbocycles. The molecule has 118 valence electrons.